The lowest BCUT2D eigenvalue weighted by molar-refractivity contribution is -0.121. The number of fused-ring (bicyclic) bond motifs is 2. The van der Waals surface area contributed by atoms with E-state index in [-0.39, 0.29) is 17.9 Å². The van der Waals surface area contributed by atoms with E-state index >= 15 is 0 Å². The minimum absolute atomic E-state index is 0.0955. The number of amides is 2. The summed E-state index contributed by atoms with van der Waals surface area (Å²) in [6.07, 6.45) is 9.43. The zero-order chi connectivity index (χ0) is 29.2. The molecule has 1 aromatic carbocycles. The molecule has 2 aromatic rings. The van der Waals surface area contributed by atoms with E-state index in [0.29, 0.717) is 43.9 Å². The Labute approximate surface area is 248 Å². The summed E-state index contributed by atoms with van der Waals surface area (Å²) in [5.74, 6) is 2.63. The zero-order valence-electron chi connectivity index (χ0n) is 25.1. The number of benzene rings is 1. The SMILES string of the molecule is CC[C@@H]1C(=O)N(C)c2cnc(Nc3cc4c(cc3OC)N(C(=O)CN3CCOCC3)CC4)nc2N1CC1CCCCC1. The molecule has 42 heavy (non-hydrogen) atoms. The molecule has 4 heterocycles. The van der Waals surface area contributed by atoms with Crippen LogP contribution < -0.4 is 24.8 Å². The van der Waals surface area contributed by atoms with Gasteiger partial charge in [-0.1, -0.05) is 26.2 Å². The predicted octanol–water partition coefficient (Wildman–Crippen LogP) is 3.59. The van der Waals surface area contributed by atoms with E-state index in [2.05, 4.69) is 27.0 Å². The summed E-state index contributed by atoms with van der Waals surface area (Å²) in [6, 6.07) is 3.75. The van der Waals surface area contributed by atoms with E-state index in [9.17, 15) is 9.59 Å². The highest BCUT2D eigenvalue weighted by molar-refractivity contribution is 6.04. The molecule has 1 saturated carbocycles. The molecule has 226 valence electrons. The maximum atomic E-state index is 13.3. The summed E-state index contributed by atoms with van der Waals surface area (Å²) in [4.78, 5) is 44.0. The molecule has 1 aromatic heterocycles. The molecule has 11 nitrogen and oxygen atoms in total. The Balaban J connectivity index is 1.25. The Morgan fingerprint density at radius 2 is 1.90 bits per heavy atom. The molecule has 1 aliphatic carbocycles. The highest BCUT2D eigenvalue weighted by Gasteiger charge is 2.38. The monoisotopic (exact) mass is 577 g/mol. The number of anilines is 5. The number of carbonyl (C=O) groups is 2. The number of morpholine rings is 1. The second-order valence-corrected chi connectivity index (χ2v) is 11.9. The molecule has 1 saturated heterocycles. The van der Waals surface area contributed by atoms with E-state index in [1.807, 2.05) is 24.1 Å². The fourth-order valence-corrected chi connectivity index (χ4v) is 6.85. The van der Waals surface area contributed by atoms with Crippen LogP contribution in [0.1, 0.15) is 51.0 Å². The average Bonchev–Trinajstić information content (AvgIpc) is 3.43. The first kappa shape index (κ1) is 28.7. The fourth-order valence-electron chi connectivity index (χ4n) is 6.85. The minimum atomic E-state index is -0.234. The van der Waals surface area contributed by atoms with Crippen molar-refractivity contribution in [1.82, 2.24) is 14.9 Å². The Morgan fingerprint density at radius 3 is 2.64 bits per heavy atom. The molecule has 0 unspecified atom stereocenters. The summed E-state index contributed by atoms with van der Waals surface area (Å²) in [6.45, 7) is 6.83. The number of rotatable bonds is 8. The molecule has 6 rings (SSSR count). The summed E-state index contributed by atoms with van der Waals surface area (Å²) >= 11 is 0. The van der Waals surface area contributed by atoms with Crippen molar-refractivity contribution in [1.29, 1.82) is 0 Å². The highest BCUT2D eigenvalue weighted by Crippen LogP contribution is 2.40. The summed E-state index contributed by atoms with van der Waals surface area (Å²) in [5.41, 5.74) is 3.47. The maximum Gasteiger partial charge on any atom is 0.249 e. The first-order chi connectivity index (χ1) is 20.5. The van der Waals surface area contributed by atoms with Gasteiger partial charge < -0.3 is 29.5 Å². The van der Waals surface area contributed by atoms with Crippen molar-refractivity contribution in [3.05, 3.63) is 23.9 Å². The smallest absolute Gasteiger partial charge is 0.249 e. The quantitative estimate of drug-likeness (QED) is 0.504. The Kier molecular flexibility index (Phi) is 8.48. The van der Waals surface area contributed by atoms with Gasteiger partial charge in [-0.15, -0.1) is 0 Å². The van der Waals surface area contributed by atoms with E-state index in [0.717, 1.165) is 60.9 Å². The number of methoxy groups -OCH3 is 1. The van der Waals surface area contributed by atoms with Crippen molar-refractivity contribution in [2.24, 2.45) is 5.92 Å². The van der Waals surface area contributed by atoms with Gasteiger partial charge in [-0.05, 0) is 43.2 Å². The molecule has 0 bridgehead atoms. The lowest BCUT2D eigenvalue weighted by atomic mass is 9.88. The van der Waals surface area contributed by atoms with E-state index in [1.54, 1.807) is 18.2 Å². The average molecular weight is 578 g/mol. The third-order valence-corrected chi connectivity index (χ3v) is 9.25. The maximum absolute atomic E-state index is 13.3. The van der Waals surface area contributed by atoms with Gasteiger partial charge in [-0.25, -0.2) is 4.98 Å². The first-order valence-corrected chi connectivity index (χ1v) is 15.5. The van der Waals surface area contributed by atoms with Crippen LogP contribution in [-0.2, 0) is 20.7 Å². The van der Waals surface area contributed by atoms with Crippen molar-refractivity contribution in [3.8, 4) is 5.75 Å². The number of ether oxygens (including phenoxy) is 2. The standard InChI is InChI=1S/C31H43N7O4/c1-4-24-30(40)35(2)26-18-32-31(34-29(26)38(24)19-21-8-6-5-7-9-21)33-23-16-22-10-11-37(25(22)17-27(23)41-3)28(39)20-36-12-14-42-15-13-36/h16-18,21,24H,4-15,19-20H2,1-3H3,(H,32,33,34)/t24-/m1/s1. The third-order valence-electron chi connectivity index (χ3n) is 9.25. The second kappa shape index (κ2) is 12.4. The number of likely N-dealkylation sites (N-methyl/N-ethyl adjacent to an activating group) is 1. The predicted molar refractivity (Wildman–Crippen MR) is 163 cm³/mol. The molecule has 2 amide bonds. The van der Waals surface area contributed by atoms with Gasteiger partial charge in [0.2, 0.25) is 17.8 Å². The van der Waals surface area contributed by atoms with Crippen molar-refractivity contribution in [2.45, 2.75) is 57.9 Å². The second-order valence-electron chi connectivity index (χ2n) is 11.9. The van der Waals surface area contributed by atoms with Crippen LogP contribution in [0, 0.1) is 5.92 Å². The van der Waals surface area contributed by atoms with E-state index in [1.165, 1.54) is 32.1 Å². The van der Waals surface area contributed by atoms with Crippen LogP contribution in [0.2, 0.25) is 0 Å². The summed E-state index contributed by atoms with van der Waals surface area (Å²) in [5, 5.41) is 3.39. The van der Waals surface area contributed by atoms with E-state index in [4.69, 9.17) is 14.5 Å². The van der Waals surface area contributed by atoms with Gasteiger partial charge in [-0.2, -0.15) is 4.98 Å². The lowest BCUT2D eigenvalue weighted by Gasteiger charge is -2.42. The first-order valence-electron chi connectivity index (χ1n) is 15.5. The van der Waals surface area contributed by atoms with Gasteiger partial charge in [0, 0.05) is 39.3 Å². The van der Waals surface area contributed by atoms with Crippen LogP contribution in [-0.4, -0.2) is 92.8 Å². The molecular weight excluding hydrogens is 534 g/mol. The summed E-state index contributed by atoms with van der Waals surface area (Å²) < 4.78 is 11.2. The molecular formula is C31H43N7O4. The molecule has 2 fully saturated rings. The van der Waals surface area contributed by atoms with Gasteiger partial charge in [0.05, 0.1) is 44.4 Å². The Morgan fingerprint density at radius 1 is 1.12 bits per heavy atom. The van der Waals surface area contributed by atoms with Crippen molar-refractivity contribution in [3.63, 3.8) is 0 Å². The van der Waals surface area contributed by atoms with E-state index < -0.39 is 0 Å². The van der Waals surface area contributed by atoms with Crippen LogP contribution >= 0.6 is 0 Å². The topological polar surface area (TPSA) is 103 Å². The molecule has 0 spiro atoms. The summed E-state index contributed by atoms with van der Waals surface area (Å²) in [7, 11) is 3.45. The van der Waals surface area contributed by atoms with Crippen LogP contribution in [0.5, 0.6) is 5.75 Å². The largest absolute Gasteiger partial charge is 0.494 e. The van der Waals surface area contributed by atoms with Crippen molar-refractivity contribution in [2.75, 3.05) is 80.1 Å². The normalized spacial score (nSPS) is 21.4. The van der Waals surface area contributed by atoms with Crippen LogP contribution in [0.3, 0.4) is 0 Å². The molecule has 1 atom stereocenters. The van der Waals surface area contributed by atoms with Gasteiger partial charge in [-0.3, -0.25) is 14.5 Å². The van der Waals surface area contributed by atoms with Gasteiger partial charge in [0.15, 0.2) is 5.82 Å². The molecule has 3 aliphatic heterocycles. The third kappa shape index (κ3) is 5.64. The van der Waals surface area contributed by atoms with Gasteiger partial charge >= 0.3 is 0 Å². The van der Waals surface area contributed by atoms with Crippen LogP contribution in [0.4, 0.5) is 28.8 Å². The number of aromatic nitrogens is 2. The number of nitrogens with zero attached hydrogens (tertiary/aromatic N) is 6. The van der Waals surface area contributed by atoms with Gasteiger partial charge in [0.25, 0.3) is 0 Å². The molecule has 1 N–H and O–H groups in total. The fraction of sp³-hybridized carbons (Fsp3) is 0.613. The Bertz CT molecular complexity index is 1310. The number of carbonyl (C=O) groups excluding carboxylic acids is 2. The van der Waals surface area contributed by atoms with Crippen molar-refractivity contribution < 1.29 is 19.1 Å². The number of nitrogens with one attached hydrogen (secondary N) is 1. The molecule has 4 aliphatic rings. The number of hydrogen-bond acceptors (Lipinski definition) is 9. The molecule has 0 radical (unpaired) electrons. The molecule has 11 heteroatoms. The van der Waals surface area contributed by atoms with Crippen LogP contribution in [0.25, 0.3) is 0 Å². The Hall–Kier alpha value is -3.44. The van der Waals surface area contributed by atoms with Gasteiger partial charge in [0.1, 0.15) is 17.5 Å². The van der Waals surface area contributed by atoms with Crippen LogP contribution in [0.15, 0.2) is 18.3 Å². The zero-order valence-corrected chi connectivity index (χ0v) is 25.1. The number of hydrogen-bond donors (Lipinski definition) is 1. The highest BCUT2D eigenvalue weighted by atomic mass is 16.5. The van der Waals surface area contributed by atoms with Crippen molar-refractivity contribution >= 4 is 40.6 Å². The lowest BCUT2D eigenvalue weighted by Crippen LogP contribution is -2.53. The minimum Gasteiger partial charge on any atom is -0.494 e.